The summed E-state index contributed by atoms with van der Waals surface area (Å²) in [5.41, 5.74) is 7.12. The molecule has 0 fully saturated rings. The fraction of sp³-hybridized carbons (Fsp3) is 0.250. The van der Waals surface area contributed by atoms with E-state index in [1.165, 1.54) is 23.9 Å². The van der Waals surface area contributed by atoms with E-state index in [4.69, 9.17) is 5.73 Å². The first-order chi connectivity index (χ1) is 8.89. The monoisotopic (exact) mass is 280 g/mol. The number of hydrogen-bond donors (Lipinski definition) is 1. The van der Waals surface area contributed by atoms with Crippen molar-refractivity contribution >= 4 is 15.7 Å². The van der Waals surface area contributed by atoms with Crippen molar-refractivity contribution in [2.45, 2.75) is 11.6 Å². The van der Waals surface area contributed by atoms with Gasteiger partial charge in [0.05, 0.1) is 6.33 Å². The Labute approximate surface area is 112 Å². The van der Waals surface area contributed by atoms with Crippen molar-refractivity contribution in [1.29, 1.82) is 0 Å². The second-order valence-electron chi connectivity index (χ2n) is 4.38. The van der Waals surface area contributed by atoms with Crippen molar-refractivity contribution in [3.8, 4) is 0 Å². The number of sulfonamides is 1. The van der Waals surface area contributed by atoms with Gasteiger partial charge < -0.3 is 10.3 Å². The van der Waals surface area contributed by atoms with Crippen molar-refractivity contribution in [1.82, 2.24) is 13.9 Å². The summed E-state index contributed by atoms with van der Waals surface area (Å²) in [6, 6.07) is 7.15. The summed E-state index contributed by atoms with van der Waals surface area (Å²) in [4.78, 5) is 3.88. The summed E-state index contributed by atoms with van der Waals surface area (Å²) in [6.45, 7) is 0.254. The van der Waals surface area contributed by atoms with Crippen molar-refractivity contribution < 1.29 is 8.42 Å². The van der Waals surface area contributed by atoms with Crippen LogP contribution in [0.15, 0.2) is 41.8 Å². The summed E-state index contributed by atoms with van der Waals surface area (Å²) in [5, 5.41) is 0.0430. The van der Waals surface area contributed by atoms with Crippen LogP contribution in [0.1, 0.15) is 5.56 Å². The largest absolute Gasteiger partial charge is 0.399 e. The summed E-state index contributed by atoms with van der Waals surface area (Å²) >= 11 is 0. The molecule has 2 aromatic rings. The highest BCUT2D eigenvalue weighted by molar-refractivity contribution is 7.89. The maximum absolute atomic E-state index is 12.3. The molecule has 0 atom stereocenters. The minimum absolute atomic E-state index is 0.0430. The first-order valence-corrected chi connectivity index (χ1v) is 7.12. The number of aryl methyl sites for hydroxylation is 1. The first-order valence-electron chi connectivity index (χ1n) is 5.68. The number of benzene rings is 1. The van der Waals surface area contributed by atoms with Gasteiger partial charge in [-0.25, -0.2) is 13.4 Å². The molecule has 1 aromatic heterocycles. The van der Waals surface area contributed by atoms with E-state index in [1.54, 1.807) is 29.8 Å². The molecule has 2 rings (SSSR count). The fourth-order valence-electron chi connectivity index (χ4n) is 1.72. The van der Waals surface area contributed by atoms with Crippen LogP contribution in [0.2, 0.25) is 0 Å². The Kier molecular flexibility index (Phi) is 3.59. The Morgan fingerprint density at radius 1 is 1.42 bits per heavy atom. The van der Waals surface area contributed by atoms with E-state index in [2.05, 4.69) is 4.98 Å². The Morgan fingerprint density at radius 2 is 2.16 bits per heavy atom. The zero-order valence-electron chi connectivity index (χ0n) is 10.8. The highest BCUT2D eigenvalue weighted by atomic mass is 32.2. The lowest BCUT2D eigenvalue weighted by Gasteiger charge is -2.15. The van der Waals surface area contributed by atoms with Gasteiger partial charge in [0, 0.05) is 32.5 Å². The summed E-state index contributed by atoms with van der Waals surface area (Å²) in [6.07, 6.45) is 2.94. The van der Waals surface area contributed by atoms with Crippen molar-refractivity contribution in [2.24, 2.45) is 7.05 Å². The number of nitrogens with two attached hydrogens (primary N) is 1. The van der Waals surface area contributed by atoms with Crippen LogP contribution in [-0.4, -0.2) is 29.3 Å². The average Bonchev–Trinajstić information content (AvgIpc) is 2.76. The molecule has 2 N–H and O–H groups in total. The molecule has 1 aromatic carbocycles. The lowest BCUT2D eigenvalue weighted by Crippen LogP contribution is -2.26. The number of aromatic nitrogens is 2. The van der Waals surface area contributed by atoms with Crippen LogP contribution < -0.4 is 5.73 Å². The third kappa shape index (κ3) is 2.94. The predicted octanol–water partition coefficient (Wildman–Crippen LogP) is 0.823. The minimum Gasteiger partial charge on any atom is -0.399 e. The van der Waals surface area contributed by atoms with Crippen LogP contribution >= 0.6 is 0 Å². The van der Waals surface area contributed by atoms with Crippen LogP contribution in [0.5, 0.6) is 0 Å². The van der Waals surface area contributed by atoms with Gasteiger partial charge in [0.1, 0.15) is 0 Å². The third-order valence-electron chi connectivity index (χ3n) is 2.71. The molecule has 0 aliphatic heterocycles. The Hall–Kier alpha value is -1.86. The Balaban J connectivity index is 2.22. The van der Waals surface area contributed by atoms with Gasteiger partial charge in [-0.2, -0.15) is 4.31 Å². The van der Waals surface area contributed by atoms with Crippen LogP contribution in [0.3, 0.4) is 0 Å². The van der Waals surface area contributed by atoms with Gasteiger partial charge >= 0.3 is 0 Å². The van der Waals surface area contributed by atoms with Gasteiger partial charge in [-0.3, -0.25) is 0 Å². The average molecular weight is 280 g/mol. The van der Waals surface area contributed by atoms with Crippen LogP contribution in [0.25, 0.3) is 0 Å². The molecule has 19 heavy (non-hydrogen) atoms. The van der Waals surface area contributed by atoms with Crippen molar-refractivity contribution in [2.75, 3.05) is 12.8 Å². The van der Waals surface area contributed by atoms with Crippen molar-refractivity contribution in [3.05, 3.63) is 42.4 Å². The lowest BCUT2D eigenvalue weighted by molar-refractivity contribution is 0.464. The third-order valence-corrected chi connectivity index (χ3v) is 4.40. The molecule has 6 nitrogen and oxygen atoms in total. The topological polar surface area (TPSA) is 81.2 Å². The van der Waals surface area contributed by atoms with E-state index in [-0.39, 0.29) is 11.6 Å². The van der Waals surface area contributed by atoms with E-state index in [1.807, 2.05) is 6.07 Å². The maximum atomic E-state index is 12.3. The molecule has 1 heterocycles. The summed E-state index contributed by atoms with van der Waals surface area (Å²) in [5.74, 6) is 0. The molecule has 0 saturated carbocycles. The van der Waals surface area contributed by atoms with Gasteiger partial charge in [-0.05, 0) is 17.7 Å². The number of anilines is 1. The number of nitrogens with zero attached hydrogens (tertiary/aromatic N) is 3. The molecule has 0 saturated heterocycles. The van der Waals surface area contributed by atoms with Gasteiger partial charge in [-0.15, -0.1) is 0 Å². The molecule has 0 aliphatic rings. The normalized spacial score (nSPS) is 11.9. The lowest BCUT2D eigenvalue weighted by atomic mass is 10.2. The highest BCUT2D eigenvalue weighted by Crippen LogP contribution is 2.15. The first kappa shape index (κ1) is 13.6. The Morgan fingerprint density at radius 3 is 2.74 bits per heavy atom. The van der Waals surface area contributed by atoms with E-state index >= 15 is 0 Å². The van der Waals surface area contributed by atoms with Crippen LogP contribution in [0, 0.1) is 0 Å². The zero-order chi connectivity index (χ0) is 14.0. The number of hydrogen-bond acceptors (Lipinski definition) is 4. The molecule has 0 aliphatic carbocycles. The van der Waals surface area contributed by atoms with E-state index in [0.29, 0.717) is 5.69 Å². The number of rotatable bonds is 4. The minimum atomic E-state index is -3.57. The summed E-state index contributed by atoms with van der Waals surface area (Å²) in [7, 11) is -0.321. The van der Waals surface area contributed by atoms with Crippen LogP contribution in [-0.2, 0) is 23.6 Å². The predicted molar refractivity (Wildman–Crippen MR) is 72.7 cm³/mol. The van der Waals surface area contributed by atoms with Gasteiger partial charge in [0.2, 0.25) is 0 Å². The second-order valence-corrected chi connectivity index (χ2v) is 6.38. The Bertz CT molecular complexity index is 679. The quantitative estimate of drug-likeness (QED) is 0.841. The molecule has 0 bridgehead atoms. The van der Waals surface area contributed by atoms with E-state index < -0.39 is 10.0 Å². The molecule has 0 radical (unpaired) electrons. The second kappa shape index (κ2) is 5.02. The standard InChI is InChI=1S/C12H16N4O2S/c1-15-8-12(14-9-15)19(17,18)16(2)7-10-4-3-5-11(13)6-10/h3-6,8-9H,7,13H2,1-2H3. The molecule has 0 spiro atoms. The number of nitrogen functional groups attached to an aromatic ring is 1. The zero-order valence-corrected chi connectivity index (χ0v) is 11.6. The molecule has 7 heteroatoms. The smallest absolute Gasteiger partial charge is 0.262 e. The maximum Gasteiger partial charge on any atom is 0.262 e. The van der Waals surface area contributed by atoms with E-state index in [0.717, 1.165) is 5.56 Å². The van der Waals surface area contributed by atoms with Gasteiger partial charge in [-0.1, -0.05) is 12.1 Å². The molecule has 102 valence electrons. The summed E-state index contributed by atoms with van der Waals surface area (Å²) < 4.78 is 27.4. The fourth-order valence-corrected chi connectivity index (χ4v) is 2.83. The molecular weight excluding hydrogens is 264 g/mol. The van der Waals surface area contributed by atoms with Crippen LogP contribution in [0.4, 0.5) is 5.69 Å². The molecule has 0 amide bonds. The highest BCUT2D eigenvalue weighted by Gasteiger charge is 2.23. The van der Waals surface area contributed by atoms with E-state index in [9.17, 15) is 8.42 Å². The van der Waals surface area contributed by atoms with Gasteiger partial charge in [0.15, 0.2) is 5.03 Å². The molecule has 0 unspecified atom stereocenters. The van der Waals surface area contributed by atoms with Crippen molar-refractivity contribution in [3.63, 3.8) is 0 Å². The number of imidazole rings is 1. The SMILES string of the molecule is CN(Cc1cccc(N)c1)S(=O)(=O)c1cn(C)cn1. The van der Waals surface area contributed by atoms with Gasteiger partial charge in [0.25, 0.3) is 10.0 Å². The molecular formula is C12H16N4O2S.